The second-order valence-corrected chi connectivity index (χ2v) is 3.17. The van der Waals surface area contributed by atoms with Crippen LogP contribution in [0, 0.1) is 0 Å². The van der Waals surface area contributed by atoms with Crippen molar-refractivity contribution in [3.05, 3.63) is 40.1 Å². The number of nitrogens with zero attached hydrogens (tertiary/aromatic N) is 1. The molecule has 2 rings (SSSR count). The largest absolute Gasteiger partial charge is 0.359 e. The van der Waals surface area contributed by atoms with Gasteiger partial charge in [0, 0.05) is 29.9 Å². The average molecular weight is 178 g/mol. The van der Waals surface area contributed by atoms with Crippen LogP contribution in [0.1, 0.15) is 0 Å². The Morgan fingerprint density at radius 2 is 2.42 bits per heavy atom. The SMILES string of the molecule is O=c1cc[nH]c(-c2nccs2)c1. The van der Waals surface area contributed by atoms with Gasteiger partial charge in [-0.3, -0.25) is 4.79 Å². The highest BCUT2D eigenvalue weighted by atomic mass is 32.1. The van der Waals surface area contributed by atoms with Crippen LogP contribution in [-0.2, 0) is 0 Å². The Morgan fingerprint density at radius 1 is 1.50 bits per heavy atom. The molecule has 0 unspecified atom stereocenters. The molecule has 0 aromatic carbocycles. The van der Waals surface area contributed by atoms with Crippen LogP contribution in [0.25, 0.3) is 10.7 Å². The minimum absolute atomic E-state index is 0.000972. The Balaban J connectivity index is 2.55. The summed E-state index contributed by atoms with van der Waals surface area (Å²) in [6.45, 7) is 0. The van der Waals surface area contributed by atoms with Gasteiger partial charge < -0.3 is 4.98 Å². The molecule has 12 heavy (non-hydrogen) atoms. The summed E-state index contributed by atoms with van der Waals surface area (Å²) < 4.78 is 0. The highest BCUT2D eigenvalue weighted by Gasteiger charge is 1.98. The van der Waals surface area contributed by atoms with E-state index in [9.17, 15) is 4.79 Å². The third-order valence-corrected chi connectivity index (χ3v) is 2.24. The van der Waals surface area contributed by atoms with Gasteiger partial charge in [0.05, 0.1) is 5.69 Å². The Hall–Kier alpha value is -1.42. The van der Waals surface area contributed by atoms with Gasteiger partial charge in [0.15, 0.2) is 5.43 Å². The Kier molecular flexibility index (Phi) is 1.75. The van der Waals surface area contributed by atoms with Crippen molar-refractivity contribution in [2.45, 2.75) is 0 Å². The van der Waals surface area contributed by atoms with E-state index < -0.39 is 0 Å². The van der Waals surface area contributed by atoms with Crippen LogP contribution >= 0.6 is 11.3 Å². The van der Waals surface area contributed by atoms with Gasteiger partial charge >= 0.3 is 0 Å². The van der Waals surface area contributed by atoms with Crippen LogP contribution < -0.4 is 5.43 Å². The van der Waals surface area contributed by atoms with Crippen LogP contribution in [0.15, 0.2) is 34.7 Å². The molecule has 0 saturated heterocycles. The first-order valence-electron chi connectivity index (χ1n) is 3.45. The Bertz CT molecular complexity index is 419. The van der Waals surface area contributed by atoms with E-state index in [-0.39, 0.29) is 5.43 Å². The Labute approximate surface area is 72.7 Å². The average Bonchev–Trinajstić information content (AvgIpc) is 2.56. The van der Waals surface area contributed by atoms with E-state index in [0.29, 0.717) is 0 Å². The molecule has 0 amide bonds. The molecule has 0 saturated carbocycles. The molecule has 2 aromatic rings. The van der Waals surface area contributed by atoms with Crippen LogP contribution in [0.5, 0.6) is 0 Å². The maximum absolute atomic E-state index is 10.9. The summed E-state index contributed by atoms with van der Waals surface area (Å²) in [5.41, 5.74) is 0.774. The number of rotatable bonds is 1. The zero-order chi connectivity index (χ0) is 8.39. The lowest BCUT2D eigenvalue weighted by molar-refractivity contribution is 1.28. The van der Waals surface area contributed by atoms with Gasteiger partial charge in [0.1, 0.15) is 5.01 Å². The quantitative estimate of drug-likeness (QED) is 0.719. The molecule has 0 aliphatic rings. The van der Waals surface area contributed by atoms with Crippen molar-refractivity contribution < 1.29 is 0 Å². The summed E-state index contributed by atoms with van der Waals surface area (Å²) in [4.78, 5) is 18.0. The minimum atomic E-state index is -0.000972. The van der Waals surface area contributed by atoms with Gasteiger partial charge in [-0.1, -0.05) is 0 Å². The number of thiazole rings is 1. The topological polar surface area (TPSA) is 45.8 Å². The smallest absolute Gasteiger partial charge is 0.182 e. The fourth-order valence-corrected chi connectivity index (χ4v) is 1.54. The second kappa shape index (κ2) is 2.91. The van der Waals surface area contributed by atoms with Crippen molar-refractivity contribution in [2.75, 3.05) is 0 Å². The van der Waals surface area contributed by atoms with Crippen LogP contribution in [-0.4, -0.2) is 9.97 Å². The summed E-state index contributed by atoms with van der Waals surface area (Å²) in [6, 6.07) is 3.02. The maximum atomic E-state index is 10.9. The second-order valence-electron chi connectivity index (χ2n) is 2.28. The third kappa shape index (κ3) is 1.29. The maximum Gasteiger partial charge on any atom is 0.182 e. The van der Waals surface area contributed by atoms with Gasteiger partial charge in [-0.2, -0.15) is 0 Å². The normalized spacial score (nSPS) is 10.0. The van der Waals surface area contributed by atoms with E-state index in [0.717, 1.165) is 10.7 Å². The van der Waals surface area contributed by atoms with Crippen LogP contribution in [0.3, 0.4) is 0 Å². The molecule has 0 atom stereocenters. The molecule has 2 heterocycles. The summed E-state index contributed by atoms with van der Waals surface area (Å²) in [5, 5.41) is 2.72. The third-order valence-electron chi connectivity index (χ3n) is 1.44. The zero-order valence-corrected chi connectivity index (χ0v) is 6.97. The highest BCUT2D eigenvalue weighted by Crippen LogP contribution is 2.16. The molecule has 0 fully saturated rings. The number of aromatic nitrogens is 2. The first-order chi connectivity index (χ1) is 5.86. The van der Waals surface area contributed by atoms with E-state index in [4.69, 9.17) is 0 Å². The lowest BCUT2D eigenvalue weighted by Crippen LogP contribution is -1.97. The van der Waals surface area contributed by atoms with Crippen molar-refractivity contribution in [3.8, 4) is 10.7 Å². The van der Waals surface area contributed by atoms with E-state index in [1.54, 1.807) is 18.5 Å². The summed E-state index contributed by atoms with van der Waals surface area (Å²) in [7, 11) is 0. The van der Waals surface area contributed by atoms with Crippen molar-refractivity contribution >= 4 is 11.3 Å². The molecule has 0 aliphatic carbocycles. The molecular weight excluding hydrogens is 172 g/mol. The van der Waals surface area contributed by atoms with Gasteiger partial charge in [0.25, 0.3) is 0 Å². The van der Waals surface area contributed by atoms with Crippen molar-refractivity contribution in [1.82, 2.24) is 9.97 Å². The van der Waals surface area contributed by atoms with E-state index >= 15 is 0 Å². The molecule has 60 valence electrons. The molecule has 1 N–H and O–H groups in total. The summed E-state index contributed by atoms with van der Waals surface area (Å²) >= 11 is 1.50. The molecule has 0 aliphatic heterocycles. The number of pyridine rings is 1. The first-order valence-corrected chi connectivity index (χ1v) is 4.33. The fraction of sp³-hybridized carbons (Fsp3) is 0. The van der Waals surface area contributed by atoms with Crippen LogP contribution in [0.2, 0.25) is 0 Å². The number of H-pyrrole nitrogens is 1. The Morgan fingerprint density at radius 3 is 3.08 bits per heavy atom. The molecule has 2 aromatic heterocycles. The van der Waals surface area contributed by atoms with Gasteiger partial charge in [0.2, 0.25) is 0 Å². The molecule has 0 radical (unpaired) electrons. The molecule has 3 nitrogen and oxygen atoms in total. The molecule has 0 spiro atoms. The fourth-order valence-electron chi connectivity index (χ4n) is 0.926. The van der Waals surface area contributed by atoms with E-state index in [1.165, 1.54) is 17.4 Å². The van der Waals surface area contributed by atoms with E-state index in [2.05, 4.69) is 9.97 Å². The lowest BCUT2D eigenvalue weighted by atomic mass is 10.3. The van der Waals surface area contributed by atoms with Crippen LogP contribution in [0.4, 0.5) is 0 Å². The molecule has 4 heteroatoms. The van der Waals surface area contributed by atoms with Crippen molar-refractivity contribution in [3.63, 3.8) is 0 Å². The highest BCUT2D eigenvalue weighted by molar-refractivity contribution is 7.13. The number of hydrogen-bond donors (Lipinski definition) is 1. The number of aromatic amines is 1. The van der Waals surface area contributed by atoms with Gasteiger partial charge in [-0.25, -0.2) is 4.98 Å². The standard InChI is InChI=1S/C8H6N2OS/c11-6-1-2-9-7(5-6)8-10-3-4-12-8/h1-5H,(H,9,11). The predicted molar refractivity (Wildman–Crippen MR) is 48.2 cm³/mol. The molecule has 0 bridgehead atoms. The minimum Gasteiger partial charge on any atom is -0.359 e. The first kappa shape index (κ1) is 7.24. The van der Waals surface area contributed by atoms with Crippen molar-refractivity contribution in [1.29, 1.82) is 0 Å². The van der Waals surface area contributed by atoms with E-state index in [1.807, 2.05) is 5.38 Å². The number of hydrogen-bond acceptors (Lipinski definition) is 3. The monoisotopic (exact) mass is 178 g/mol. The molecular formula is C8H6N2OS. The number of nitrogens with one attached hydrogen (secondary N) is 1. The summed E-state index contributed by atoms with van der Waals surface area (Å²) in [5.74, 6) is 0. The van der Waals surface area contributed by atoms with Gasteiger partial charge in [-0.15, -0.1) is 11.3 Å². The van der Waals surface area contributed by atoms with Crippen molar-refractivity contribution in [2.24, 2.45) is 0 Å². The zero-order valence-electron chi connectivity index (χ0n) is 6.15. The summed E-state index contributed by atoms with van der Waals surface area (Å²) in [6.07, 6.45) is 3.34. The predicted octanol–water partition coefficient (Wildman–Crippen LogP) is 1.50. The van der Waals surface area contributed by atoms with Gasteiger partial charge in [-0.05, 0) is 0 Å². The lowest BCUT2D eigenvalue weighted by Gasteiger charge is -1.92.